The number of alkyl halides is 3. The summed E-state index contributed by atoms with van der Waals surface area (Å²) < 4.78 is 47.2. The topological polar surface area (TPSA) is 108 Å². The van der Waals surface area contributed by atoms with Crippen molar-refractivity contribution in [3.8, 4) is 5.75 Å². The van der Waals surface area contributed by atoms with Gasteiger partial charge in [-0.05, 0) is 47.0 Å². The Labute approximate surface area is 252 Å². The first kappa shape index (κ1) is 29.2. The van der Waals surface area contributed by atoms with Crippen molar-refractivity contribution >= 4 is 34.7 Å². The molecule has 0 aliphatic carbocycles. The monoisotopic (exact) mass is 604 g/mol. The average Bonchev–Trinajstić information content (AvgIpc) is 3.41. The molecule has 4 heterocycles. The van der Waals surface area contributed by atoms with E-state index in [0.717, 1.165) is 50.2 Å². The maximum atomic E-state index is 13.9. The molecule has 2 aliphatic rings. The number of hydrogen-bond acceptors (Lipinski definition) is 9. The minimum Gasteiger partial charge on any atom is -0.494 e. The van der Waals surface area contributed by atoms with Crippen LogP contribution in [0.2, 0.25) is 0 Å². The number of ether oxygens (including phenoxy) is 1. The molecule has 0 atom stereocenters. The van der Waals surface area contributed by atoms with E-state index in [0.29, 0.717) is 22.7 Å². The number of fused-ring (bicyclic) bond motifs is 1. The van der Waals surface area contributed by atoms with Crippen LogP contribution in [0.3, 0.4) is 0 Å². The summed E-state index contributed by atoms with van der Waals surface area (Å²) in [5.41, 5.74) is 3.86. The lowest BCUT2D eigenvalue weighted by Crippen LogP contribution is -2.45. The maximum Gasteiger partial charge on any atom is 0.421 e. The van der Waals surface area contributed by atoms with E-state index in [9.17, 15) is 18.0 Å². The Balaban J connectivity index is 1.15. The number of aromatic nitrogens is 3. The van der Waals surface area contributed by atoms with Crippen LogP contribution in [0.1, 0.15) is 22.3 Å². The van der Waals surface area contributed by atoms with Gasteiger partial charge < -0.3 is 25.6 Å². The van der Waals surface area contributed by atoms with E-state index in [1.165, 1.54) is 12.7 Å². The predicted octanol–water partition coefficient (Wildman–Crippen LogP) is 5.07. The first-order valence-electron chi connectivity index (χ1n) is 14.2. The lowest BCUT2D eigenvalue weighted by atomic mass is 10.0. The van der Waals surface area contributed by atoms with Gasteiger partial charge in [0.25, 0.3) is 0 Å². The third-order valence-electron chi connectivity index (χ3n) is 7.75. The number of piperazine rings is 1. The molecular weight excluding hydrogens is 573 g/mol. The van der Waals surface area contributed by atoms with Crippen LogP contribution < -0.4 is 25.6 Å². The predicted molar refractivity (Wildman–Crippen MR) is 161 cm³/mol. The summed E-state index contributed by atoms with van der Waals surface area (Å²) in [6.07, 6.45) is -0.133. The van der Waals surface area contributed by atoms with E-state index in [1.807, 2.05) is 30.3 Å². The molecule has 6 rings (SSSR count). The Morgan fingerprint density at radius 1 is 1.05 bits per heavy atom. The Kier molecular flexibility index (Phi) is 8.20. The van der Waals surface area contributed by atoms with Crippen molar-refractivity contribution in [3.63, 3.8) is 0 Å². The van der Waals surface area contributed by atoms with Gasteiger partial charge in [-0.3, -0.25) is 14.7 Å². The van der Waals surface area contributed by atoms with E-state index in [-0.39, 0.29) is 30.6 Å². The number of nitrogens with one attached hydrogen (secondary N) is 3. The van der Waals surface area contributed by atoms with Crippen molar-refractivity contribution in [2.75, 3.05) is 54.1 Å². The molecule has 1 fully saturated rings. The minimum absolute atomic E-state index is 0.0218. The molecule has 2 aliphatic heterocycles. The third kappa shape index (κ3) is 6.52. The lowest BCUT2D eigenvalue weighted by Gasteiger charge is -2.36. The van der Waals surface area contributed by atoms with Gasteiger partial charge in [0, 0.05) is 75.3 Å². The summed E-state index contributed by atoms with van der Waals surface area (Å²) in [7, 11) is 1.54. The van der Waals surface area contributed by atoms with Gasteiger partial charge in [0.05, 0.1) is 19.2 Å². The molecule has 3 N–H and O–H groups in total. The van der Waals surface area contributed by atoms with E-state index in [2.05, 4.69) is 40.7 Å². The molecule has 0 unspecified atom stereocenters. The fourth-order valence-corrected chi connectivity index (χ4v) is 5.46. The number of rotatable bonds is 9. The van der Waals surface area contributed by atoms with E-state index in [1.54, 1.807) is 30.6 Å². The summed E-state index contributed by atoms with van der Waals surface area (Å²) in [6.45, 7) is 4.40. The first-order chi connectivity index (χ1) is 21.3. The smallest absolute Gasteiger partial charge is 0.421 e. The van der Waals surface area contributed by atoms with Crippen LogP contribution >= 0.6 is 0 Å². The van der Waals surface area contributed by atoms with Crippen molar-refractivity contribution in [1.82, 2.24) is 19.9 Å². The van der Waals surface area contributed by atoms with E-state index >= 15 is 0 Å². The van der Waals surface area contributed by atoms with Crippen LogP contribution in [0, 0.1) is 0 Å². The first-order valence-corrected chi connectivity index (χ1v) is 14.2. The number of hydrogen-bond donors (Lipinski definition) is 3. The molecular formula is C31H31F3N8O2. The molecule has 1 saturated heterocycles. The Hall–Kier alpha value is -4.91. The number of pyridine rings is 1. The summed E-state index contributed by atoms with van der Waals surface area (Å²) in [4.78, 5) is 28.7. The highest BCUT2D eigenvalue weighted by Gasteiger charge is 2.35. The molecule has 228 valence electrons. The zero-order valence-corrected chi connectivity index (χ0v) is 24.0. The normalized spacial score (nSPS) is 15.1. The molecule has 2 aromatic carbocycles. The van der Waals surface area contributed by atoms with Gasteiger partial charge in [-0.15, -0.1) is 0 Å². The van der Waals surface area contributed by atoms with Crippen molar-refractivity contribution in [1.29, 1.82) is 0 Å². The van der Waals surface area contributed by atoms with Gasteiger partial charge in [-0.1, -0.05) is 12.1 Å². The van der Waals surface area contributed by atoms with Gasteiger partial charge >= 0.3 is 6.18 Å². The SMILES string of the molecule is COc1cc(N2CCN(Cc3ccncc3)CC2)ccc1Nc1ncc(C(F)(F)F)c(NCc2cccc3c2CC(=O)N3)n1. The Bertz CT molecular complexity index is 1640. The lowest BCUT2D eigenvalue weighted by molar-refractivity contribution is -0.137. The van der Waals surface area contributed by atoms with Gasteiger partial charge in [0.15, 0.2) is 0 Å². The van der Waals surface area contributed by atoms with Crippen molar-refractivity contribution in [2.24, 2.45) is 0 Å². The molecule has 0 saturated carbocycles. The van der Waals surface area contributed by atoms with E-state index in [4.69, 9.17) is 4.74 Å². The molecule has 10 nitrogen and oxygen atoms in total. The molecule has 0 radical (unpaired) electrons. The van der Waals surface area contributed by atoms with Gasteiger partial charge in [-0.2, -0.15) is 18.2 Å². The van der Waals surface area contributed by atoms with Crippen LogP contribution in [-0.2, 0) is 30.5 Å². The Morgan fingerprint density at radius 3 is 2.59 bits per heavy atom. The summed E-state index contributed by atoms with van der Waals surface area (Å²) in [5, 5.41) is 8.58. The highest BCUT2D eigenvalue weighted by atomic mass is 19.4. The summed E-state index contributed by atoms with van der Waals surface area (Å²) in [6, 6.07) is 15.0. The second-order valence-electron chi connectivity index (χ2n) is 10.6. The highest BCUT2D eigenvalue weighted by Crippen LogP contribution is 2.36. The number of amides is 1. The fourth-order valence-electron chi connectivity index (χ4n) is 5.46. The zero-order chi connectivity index (χ0) is 30.7. The average molecular weight is 605 g/mol. The van der Waals surface area contributed by atoms with Crippen molar-refractivity contribution < 1.29 is 22.7 Å². The molecule has 4 aromatic rings. The molecule has 13 heteroatoms. The second-order valence-corrected chi connectivity index (χ2v) is 10.6. The summed E-state index contributed by atoms with van der Waals surface area (Å²) in [5.74, 6) is -0.0338. The fraction of sp³-hybridized carbons (Fsp3) is 0.290. The number of halogens is 3. The number of methoxy groups -OCH3 is 1. The number of carbonyl (C=O) groups excluding carboxylic acids is 1. The zero-order valence-electron chi connectivity index (χ0n) is 24.0. The van der Waals surface area contributed by atoms with Crippen LogP contribution in [-0.4, -0.2) is 59.0 Å². The number of benzene rings is 2. The molecule has 2 aromatic heterocycles. The molecule has 44 heavy (non-hydrogen) atoms. The summed E-state index contributed by atoms with van der Waals surface area (Å²) >= 11 is 0. The van der Waals surface area contributed by atoms with Gasteiger partial charge in [0.2, 0.25) is 11.9 Å². The second kappa shape index (κ2) is 12.4. The standard InChI is InChI=1S/C31H31F3N8O2/c1-44-27-15-22(42-13-11-41(12-14-42)19-20-7-9-35-10-8-20)5-6-26(27)39-30-37-18-24(31(32,33)34)29(40-30)36-17-21-3-2-4-25-23(21)16-28(43)38-25/h2-10,15,18H,11-14,16-17,19H2,1H3,(H,38,43)(H2,36,37,39,40). The number of nitrogens with zero attached hydrogens (tertiary/aromatic N) is 5. The number of carbonyl (C=O) groups is 1. The van der Waals surface area contributed by atoms with Crippen LogP contribution in [0.25, 0.3) is 0 Å². The molecule has 0 spiro atoms. The third-order valence-corrected chi connectivity index (χ3v) is 7.75. The van der Waals surface area contributed by atoms with Crippen molar-refractivity contribution in [3.05, 3.63) is 89.4 Å². The maximum absolute atomic E-state index is 13.9. The highest BCUT2D eigenvalue weighted by molar-refractivity contribution is 5.99. The van der Waals surface area contributed by atoms with Crippen LogP contribution in [0.15, 0.2) is 67.1 Å². The van der Waals surface area contributed by atoms with Crippen LogP contribution in [0.4, 0.5) is 42.0 Å². The Morgan fingerprint density at radius 2 is 1.84 bits per heavy atom. The quantitative estimate of drug-likeness (QED) is 0.241. The van der Waals surface area contributed by atoms with Gasteiger partial charge in [-0.25, -0.2) is 4.98 Å². The molecule has 0 bridgehead atoms. The van der Waals surface area contributed by atoms with Gasteiger partial charge in [0.1, 0.15) is 17.1 Å². The number of anilines is 5. The largest absolute Gasteiger partial charge is 0.494 e. The van der Waals surface area contributed by atoms with E-state index < -0.39 is 11.7 Å². The minimum atomic E-state index is -4.67. The van der Waals surface area contributed by atoms with Crippen molar-refractivity contribution in [2.45, 2.75) is 25.7 Å². The van der Waals surface area contributed by atoms with Crippen LogP contribution in [0.5, 0.6) is 5.75 Å². The molecule has 1 amide bonds.